The van der Waals surface area contributed by atoms with Crippen LogP contribution in [0.4, 0.5) is 0 Å². The quantitative estimate of drug-likeness (QED) is 0.748. The van der Waals surface area contributed by atoms with Gasteiger partial charge in [-0.2, -0.15) is 0 Å². The third-order valence-corrected chi connectivity index (χ3v) is 2.60. The topological polar surface area (TPSA) is 70.8 Å². The molecule has 5 nitrogen and oxygen atoms in total. The summed E-state index contributed by atoms with van der Waals surface area (Å²) in [6.45, 7) is 0.479. The van der Waals surface area contributed by atoms with Crippen LogP contribution in [0.2, 0.25) is 0 Å². The summed E-state index contributed by atoms with van der Waals surface area (Å²) in [5.41, 5.74) is 5.85. The molecular weight excluding hydrogens is 234 g/mol. The van der Waals surface area contributed by atoms with E-state index in [1.807, 2.05) is 0 Å². The highest BCUT2D eigenvalue weighted by Gasteiger charge is 2.19. The molecule has 1 rings (SSSR count). The average molecular weight is 253 g/mol. The fraction of sp³-hybridized carbons (Fsp3) is 0.462. The molecule has 100 valence electrons. The molecular formula is C13H19NO4. The SMILES string of the molecule is COc1cc(OC)c(C(=O)CCCN)c(OC)c1. The molecule has 1 aromatic rings. The number of hydrogen-bond acceptors (Lipinski definition) is 5. The van der Waals surface area contributed by atoms with Gasteiger partial charge >= 0.3 is 0 Å². The van der Waals surface area contributed by atoms with E-state index in [2.05, 4.69) is 0 Å². The Bertz CT molecular complexity index is 392. The molecule has 2 N–H and O–H groups in total. The minimum absolute atomic E-state index is 0.0446. The number of carbonyl (C=O) groups excluding carboxylic acids is 1. The van der Waals surface area contributed by atoms with Crippen molar-refractivity contribution in [3.63, 3.8) is 0 Å². The Kier molecular flexibility index (Phi) is 5.45. The number of hydrogen-bond donors (Lipinski definition) is 1. The fourth-order valence-corrected chi connectivity index (χ4v) is 1.67. The van der Waals surface area contributed by atoms with Gasteiger partial charge in [0, 0.05) is 18.6 Å². The number of Topliss-reactive ketones (excluding diaryl/α,β-unsaturated/α-hetero) is 1. The molecule has 0 fully saturated rings. The number of ketones is 1. The molecule has 0 heterocycles. The summed E-state index contributed by atoms with van der Waals surface area (Å²) in [6, 6.07) is 3.33. The van der Waals surface area contributed by atoms with Gasteiger partial charge in [0.2, 0.25) is 0 Å². The van der Waals surface area contributed by atoms with Gasteiger partial charge < -0.3 is 19.9 Å². The van der Waals surface area contributed by atoms with Crippen LogP contribution in [0.1, 0.15) is 23.2 Å². The first-order valence-corrected chi connectivity index (χ1v) is 5.71. The van der Waals surface area contributed by atoms with Gasteiger partial charge in [-0.3, -0.25) is 4.79 Å². The molecule has 0 saturated heterocycles. The summed E-state index contributed by atoms with van der Waals surface area (Å²) < 4.78 is 15.6. The van der Waals surface area contributed by atoms with Crippen LogP contribution in [-0.2, 0) is 0 Å². The molecule has 0 amide bonds. The second-order valence-corrected chi connectivity index (χ2v) is 3.72. The van der Waals surface area contributed by atoms with E-state index in [4.69, 9.17) is 19.9 Å². The minimum atomic E-state index is -0.0446. The van der Waals surface area contributed by atoms with Gasteiger partial charge in [0.25, 0.3) is 0 Å². The van der Waals surface area contributed by atoms with Crippen molar-refractivity contribution >= 4 is 5.78 Å². The van der Waals surface area contributed by atoms with Crippen LogP contribution < -0.4 is 19.9 Å². The lowest BCUT2D eigenvalue weighted by atomic mass is 10.0. The summed E-state index contributed by atoms with van der Waals surface area (Å²) in [7, 11) is 4.56. The molecule has 0 aliphatic carbocycles. The van der Waals surface area contributed by atoms with Crippen molar-refractivity contribution in [3.8, 4) is 17.2 Å². The minimum Gasteiger partial charge on any atom is -0.496 e. The number of ether oxygens (including phenoxy) is 3. The van der Waals surface area contributed by atoms with Gasteiger partial charge in [-0.25, -0.2) is 0 Å². The third-order valence-electron chi connectivity index (χ3n) is 2.60. The molecule has 1 aromatic carbocycles. The van der Waals surface area contributed by atoms with Crippen molar-refractivity contribution in [3.05, 3.63) is 17.7 Å². The zero-order valence-corrected chi connectivity index (χ0v) is 11.0. The highest BCUT2D eigenvalue weighted by atomic mass is 16.5. The Morgan fingerprint density at radius 2 is 1.67 bits per heavy atom. The van der Waals surface area contributed by atoms with Crippen molar-refractivity contribution in [1.82, 2.24) is 0 Å². The fourth-order valence-electron chi connectivity index (χ4n) is 1.67. The molecule has 5 heteroatoms. The van der Waals surface area contributed by atoms with Crippen LogP contribution >= 0.6 is 0 Å². The van der Waals surface area contributed by atoms with E-state index in [9.17, 15) is 4.79 Å². The maximum atomic E-state index is 12.1. The first kappa shape index (κ1) is 14.3. The number of benzene rings is 1. The van der Waals surface area contributed by atoms with E-state index in [1.54, 1.807) is 19.2 Å². The normalized spacial score (nSPS) is 10.0. The second-order valence-electron chi connectivity index (χ2n) is 3.72. The molecule has 0 spiro atoms. The monoisotopic (exact) mass is 253 g/mol. The lowest BCUT2D eigenvalue weighted by Crippen LogP contribution is -2.08. The maximum absolute atomic E-state index is 12.1. The molecule has 18 heavy (non-hydrogen) atoms. The summed E-state index contributed by atoms with van der Waals surface area (Å²) in [4.78, 5) is 12.1. The molecule has 0 radical (unpaired) electrons. The van der Waals surface area contributed by atoms with E-state index < -0.39 is 0 Å². The van der Waals surface area contributed by atoms with Crippen LogP contribution in [0.5, 0.6) is 17.2 Å². The van der Waals surface area contributed by atoms with E-state index in [0.29, 0.717) is 42.2 Å². The van der Waals surface area contributed by atoms with Crippen LogP contribution in [-0.4, -0.2) is 33.7 Å². The predicted octanol–water partition coefficient (Wildman–Crippen LogP) is 1.63. The lowest BCUT2D eigenvalue weighted by Gasteiger charge is -2.14. The summed E-state index contributed by atoms with van der Waals surface area (Å²) >= 11 is 0. The van der Waals surface area contributed by atoms with Crippen LogP contribution in [0.15, 0.2) is 12.1 Å². The van der Waals surface area contributed by atoms with Gasteiger partial charge in [0.05, 0.1) is 21.3 Å². The van der Waals surface area contributed by atoms with Gasteiger partial charge in [0.1, 0.15) is 22.8 Å². The highest BCUT2D eigenvalue weighted by Crippen LogP contribution is 2.34. The number of carbonyl (C=O) groups is 1. The Morgan fingerprint density at radius 3 is 2.06 bits per heavy atom. The number of methoxy groups -OCH3 is 3. The molecule has 0 atom stereocenters. The van der Waals surface area contributed by atoms with E-state index in [-0.39, 0.29) is 5.78 Å². The van der Waals surface area contributed by atoms with Crippen molar-refractivity contribution in [2.24, 2.45) is 5.73 Å². The Labute approximate surface area is 107 Å². The van der Waals surface area contributed by atoms with Crippen molar-refractivity contribution < 1.29 is 19.0 Å². The van der Waals surface area contributed by atoms with Gasteiger partial charge in [-0.15, -0.1) is 0 Å². The average Bonchev–Trinajstić information content (AvgIpc) is 2.42. The Hall–Kier alpha value is -1.75. The second kappa shape index (κ2) is 6.86. The Morgan fingerprint density at radius 1 is 1.11 bits per heavy atom. The highest BCUT2D eigenvalue weighted by molar-refractivity contribution is 6.01. The van der Waals surface area contributed by atoms with Crippen LogP contribution in [0.3, 0.4) is 0 Å². The van der Waals surface area contributed by atoms with Crippen LogP contribution in [0.25, 0.3) is 0 Å². The van der Waals surface area contributed by atoms with Crippen LogP contribution in [0, 0.1) is 0 Å². The summed E-state index contributed by atoms with van der Waals surface area (Å²) in [6.07, 6.45) is 1.01. The maximum Gasteiger partial charge on any atom is 0.170 e. The summed E-state index contributed by atoms with van der Waals surface area (Å²) in [5.74, 6) is 1.44. The first-order valence-electron chi connectivity index (χ1n) is 5.71. The van der Waals surface area contributed by atoms with Gasteiger partial charge in [-0.05, 0) is 13.0 Å². The molecule has 0 aliphatic heterocycles. The zero-order valence-electron chi connectivity index (χ0n) is 11.0. The van der Waals surface area contributed by atoms with Gasteiger partial charge in [-0.1, -0.05) is 0 Å². The standard InChI is InChI=1S/C13H19NO4/c1-16-9-7-11(17-2)13(12(8-9)18-3)10(15)5-4-6-14/h7-8H,4-6,14H2,1-3H3. The van der Waals surface area contributed by atoms with Crippen molar-refractivity contribution in [2.75, 3.05) is 27.9 Å². The smallest absolute Gasteiger partial charge is 0.170 e. The van der Waals surface area contributed by atoms with Crippen molar-refractivity contribution in [1.29, 1.82) is 0 Å². The van der Waals surface area contributed by atoms with E-state index in [1.165, 1.54) is 14.2 Å². The van der Waals surface area contributed by atoms with Gasteiger partial charge in [0.15, 0.2) is 5.78 Å². The van der Waals surface area contributed by atoms with Crippen molar-refractivity contribution in [2.45, 2.75) is 12.8 Å². The summed E-state index contributed by atoms with van der Waals surface area (Å²) in [5, 5.41) is 0. The molecule has 0 aliphatic rings. The zero-order chi connectivity index (χ0) is 13.5. The number of nitrogens with two attached hydrogens (primary N) is 1. The largest absolute Gasteiger partial charge is 0.496 e. The van der Waals surface area contributed by atoms with E-state index >= 15 is 0 Å². The molecule has 0 aromatic heterocycles. The first-order chi connectivity index (χ1) is 8.67. The lowest BCUT2D eigenvalue weighted by molar-refractivity contribution is 0.0974. The number of rotatable bonds is 7. The van der Waals surface area contributed by atoms with E-state index in [0.717, 1.165) is 0 Å². The molecule has 0 unspecified atom stereocenters. The molecule has 0 bridgehead atoms. The third kappa shape index (κ3) is 3.13. The Balaban J connectivity index is 3.18. The predicted molar refractivity (Wildman–Crippen MR) is 68.7 cm³/mol. The molecule has 0 saturated carbocycles.